The van der Waals surface area contributed by atoms with Gasteiger partial charge in [-0.25, -0.2) is 0 Å². The van der Waals surface area contributed by atoms with Crippen molar-refractivity contribution >= 4 is 0 Å². The van der Waals surface area contributed by atoms with E-state index in [1.165, 1.54) is 32.1 Å². The molecule has 0 atom stereocenters. The normalized spacial score (nSPS) is 26.6. The third-order valence-electron chi connectivity index (χ3n) is 4.03. The topological polar surface area (TPSA) is 0 Å². The molecule has 0 aromatic carbocycles. The molecule has 2 rings (SSSR count). The number of hydrogen-bond donors (Lipinski definition) is 0. The molecule has 0 unspecified atom stereocenters. The van der Waals surface area contributed by atoms with Gasteiger partial charge in [-0.3, -0.25) is 0 Å². The first-order chi connectivity index (χ1) is 6.49. The standard InChI is InChI=1S/C14H22/c1-10-9-11(2)13-6-8-14(3,4)7-5-12(10)13/h5-9H2,1-4H3. The van der Waals surface area contributed by atoms with Crippen LogP contribution >= 0.6 is 0 Å². The molecule has 0 amide bonds. The molecule has 0 saturated heterocycles. The van der Waals surface area contributed by atoms with Gasteiger partial charge in [-0.05, 0) is 62.5 Å². The lowest BCUT2D eigenvalue weighted by atomic mass is 9.84. The third kappa shape index (κ3) is 1.67. The van der Waals surface area contributed by atoms with Gasteiger partial charge in [0.15, 0.2) is 0 Å². The second-order valence-electron chi connectivity index (χ2n) is 5.86. The molecule has 0 N–H and O–H groups in total. The summed E-state index contributed by atoms with van der Waals surface area (Å²) in [4.78, 5) is 0. The second kappa shape index (κ2) is 3.25. The highest BCUT2D eigenvalue weighted by molar-refractivity contribution is 5.46. The molecule has 14 heavy (non-hydrogen) atoms. The lowest BCUT2D eigenvalue weighted by Crippen LogP contribution is -2.08. The maximum atomic E-state index is 2.42. The van der Waals surface area contributed by atoms with Crippen molar-refractivity contribution in [3.8, 4) is 0 Å². The Bertz CT molecular complexity index is 283. The number of allylic oxidation sites excluding steroid dienone is 4. The lowest BCUT2D eigenvalue weighted by Gasteiger charge is -2.21. The molecular formula is C14H22. The molecule has 2 aliphatic rings. The van der Waals surface area contributed by atoms with Crippen molar-refractivity contribution in [3.63, 3.8) is 0 Å². The zero-order valence-corrected chi connectivity index (χ0v) is 10.0. The fourth-order valence-corrected chi connectivity index (χ4v) is 2.91. The van der Waals surface area contributed by atoms with Gasteiger partial charge >= 0.3 is 0 Å². The van der Waals surface area contributed by atoms with Crippen LogP contribution in [0.1, 0.15) is 59.8 Å². The van der Waals surface area contributed by atoms with Gasteiger partial charge in [0.25, 0.3) is 0 Å². The second-order valence-corrected chi connectivity index (χ2v) is 5.86. The van der Waals surface area contributed by atoms with E-state index in [0.717, 1.165) is 0 Å². The van der Waals surface area contributed by atoms with Crippen LogP contribution in [-0.4, -0.2) is 0 Å². The van der Waals surface area contributed by atoms with Crippen LogP contribution in [0.5, 0.6) is 0 Å². The molecule has 0 aromatic rings. The van der Waals surface area contributed by atoms with Gasteiger partial charge in [-0.1, -0.05) is 25.0 Å². The minimum absolute atomic E-state index is 0.560. The minimum Gasteiger partial charge on any atom is -0.0658 e. The predicted octanol–water partition coefficient (Wildman–Crippen LogP) is 4.62. The number of hydrogen-bond acceptors (Lipinski definition) is 0. The molecule has 0 spiro atoms. The van der Waals surface area contributed by atoms with Crippen molar-refractivity contribution in [1.29, 1.82) is 0 Å². The quantitative estimate of drug-likeness (QED) is 0.522. The molecule has 78 valence electrons. The van der Waals surface area contributed by atoms with Gasteiger partial charge in [0, 0.05) is 0 Å². The van der Waals surface area contributed by atoms with Crippen LogP contribution in [0.25, 0.3) is 0 Å². The molecule has 2 aliphatic carbocycles. The largest absolute Gasteiger partial charge is 0.0658 e. The molecule has 0 radical (unpaired) electrons. The maximum absolute atomic E-state index is 2.42. The van der Waals surface area contributed by atoms with Crippen LogP contribution in [0, 0.1) is 5.41 Å². The third-order valence-corrected chi connectivity index (χ3v) is 4.03. The highest BCUT2D eigenvalue weighted by Gasteiger charge is 2.28. The predicted molar refractivity (Wildman–Crippen MR) is 62.3 cm³/mol. The fourth-order valence-electron chi connectivity index (χ4n) is 2.91. The van der Waals surface area contributed by atoms with E-state index in [2.05, 4.69) is 27.7 Å². The Labute approximate surface area is 88.1 Å². The molecule has 0 aliphatic heterocycles. The smallest absolute Gasteiger partial charge is 0.0102 e. The van der Waals surface area contributed by atoms with Crippen molar-refractivity contribution in [1.82, 2.24) is 0 Å². The van der Waals surface area contributed by atoms with E-state index in [1.807, 2.05) is 0 Å². The summed E-state index contributed by atoms with van der Waals surface area (Å²) in [5, 5.41) is 0. The first kappa shape index (κ1) is 10.0. The summed E-state index contributed by atoms with van der Waals surface area (Å²) in [7, 11) is 0. The Kier molecular flexibility index (Phi) is 2.33. The zero-order valence-electron chi connectivity index (χ0n) is 10.0. The van der Waals surface area contributed by atoms with Crippen molar-refractivity contribution in [3.05, 3.63) is 22.3 Å². The highest BCUT2D eigenvalue weighted by atomic mass is 14.3. The Morgan fingerprint density at radius 3 is 1.71 bits per heavy atom. The van der Waals surface area contributed by atoms with Crippen LogP contribution in [0.15, 0.2) is 22.3 Å². The van der Waals surface area contributed by atoms with E-state index >= 15 is 0 Å². The van der Waals surface area contributed by atoms with Gasteiger partial charge in [0.2, 0.25) is 0 Å². The van der Waals surface area contributed by atoms with Crippen LogP contribution in [-0.2, 0) is 0 Å². The molecule has 0 heteroatoms. The van der Waals surface area contributed by atoms with Crippen molar-refractivity contribution < 1.29 is 0 Å². The first-order valence-electron chi connectivity index (χ1n) is 5.87. The first-order valence-corrected chi connectivity index (χ1v) is 5.87. The molecule has 0 nitrogen and oxygen atoms in total. The summed E-state index contributed by atoms with van der Waals surface area (Å²) in [6.07, 6.45) is 6.65. The summed E-state index contributed by atoms with van der Waals surface area (Å²) in [6, 6.07) is 0. The maximum Gasteiger partial charge on any atom is -0.0102 e. The zero-order chi connectivity index (χ0) is 10.3. The van der Waals surface area contributed by atoms with Crippen LogP contribution in [0.3, 0.4) is 0 Å². The molecule has 1 saturated carbocycles. The highest BCUT2D eigenvalue weighted by Crippen LogP contribution is 2.45. The van der Waals surface area contributed by atoms with Crippen molar-refractivity contribution in [2.24, 2.45) is 5.41 Å². The minimum atomic E-state index is 0.560. The summed E-state index contributed by atoms with van der Waals surface area (Å²) in [6.45, 7) is 9.48. The summed E-state index contributed by atoms with van der Waals surface area (Å²) in [5.74, 6) is 0. The van der Waals surface area contributed by atoms with E-state index in [9.17, 15) is 0 Å². The number of rotatable bonds is 0. The Morgan fingerprint density at radius 2 is 1.29 bits per heavy atom. The van der Waals surface area contributed by atoms with Crippen molar-refractivity contribution in [2.75, 3.05) is 0 Å². The van der Waals surface area contributed by atoms with Crippen LogP contribution in [0.4, 0.5) is 0 Å². The summed E-state index contributed by atoms with van der Waals surface area (Å²) < 4.78 is 0. The average molecular weight is 190 g/mol. The van der Waals surface area contributed by atoms with Crippen LogP contribution in [0.2, 0.25) is 0 Å². The van der Waals surface area contributed by atoms with Crippen LogP contribution < -0.4 is 0 Å². The monoisotopic (exact) mass is 190 g/mol. The Morgan fingerprint density at radius 1 is 0.857 bits per heavy atom. The molecular weight excluding hydrogens is 168 g/mol. The lowest BCUT2D eigenvalue weighted by molar-refractivity contribution is 0.319. The Hall–Kier alpha value is -0.520. The average Bonchev–Trinajstić information content (AvgIpc) is 2.26. The molecule has 0 heterocycles. The molecule has 1 fully saturated rings. The van der Waals surface area contributed by atoms with Gasteiger partial charge < -0.3 is 0 Å². The number of fused-ring (bicyclic) bond motifs is 1. The van der Waals surface area contributed by atoms with Gasteiger partial charge in [0.1, 0.15) is 0 Å². The van der Waals surface area contributed by atoms with E-state index < -0.39 is 0 Å². The van der Waals surface area contributed by atoms with E-state index in [1.54, 1.807) is 22.3 Å². The summed E-state index contributed by atoms with van der Waals surface area (Å²) in [5.41, 5.74) is 7.29. The molecule has 0 aromatic heterocycles. The van der Waals surface area contributed by atoms with E-state index in [-0.39, 0.29) is 0 Å². The molecule has 0 bridgehead atoms. The van der Waals surface area contributed by atoms with Gasteiger partial charge in [-0.2, -0.15) is 0 Å². The Balaban J connectivity index is 2.29. The SMILES string of the molecule is CC1=C2CCC(C)(C)CCC2=C(C)C1. The van der Waals surface area contributed by atoms with E-state index in [4.69, 9.17) is 0 Å². The summed E-state index contributed by atoms with van der Waals surface area (Å²) >= 11 is 0. The van der Waals surface area contributed by atoms with Gasteiger partial charge in [0.05, 0.1) is 0 Å². The van der Waals surface area contributed by atoms with Crippen molar-refractivity contribution in [2.45, 2.75) is 59.8 Å². The van der Waals surface area contributed by atoms with Gasteiger partial charge in [-0.15, -0.1) is 0 Å². The fraction of sp³-hybridized carbons (Fsp3) is 0.714. The van der Waals surface area contributed by atoms with E-state index in [0.29, 0.717) is 5.41 Å².